The van der Waals surface area contributed by atoms with E-state index in [0.29, 0.717) is 12.3 Å². The van der Waals surface area contributed by atoms with Gasteiger partial charge in [0.25, 0.3) is 0 Å². The van der Waals surface area contributed by atoms with Crippen molar-refractivity contribution in [1.82, 2.24) is 9.88 Å². The molecule has 0 radical (unpaired) electrons. The lowest BCUT2D eigenvalue weighted by Crippen LogP contribution is -2.40. The molecule has 17 heavy (non-hydrogen) atoms. The van der Waals surface area contributed by atoms with Gasteiger partial charge < -0.3 is 10.0 Å². The van der Waals surface area contributed by atoms with Crippen LogP contribution in [0.2, 0.25) is 0 Å². The van der Waals surface area contributed by atoms with Gasteiger partial charge in [-0.3, -0.25) is 9.78 Å². The number of likely N-dealkylation sites (N-methyl/N-ethyl adjacent to an activating group) is 1. The van der Waals surface area contributed by atoms with Crippen molar-refractivity contribution < 1.29 is 9.90 Å². The number of nitrogens with zero attached hydrogens (tertiary/aromatic N) is 2. The second-order valence-corrected chi connectivity index (χ2v) is 4.80. The lowest BCUT2D eigenvalue weighted by Gasteiger charge is -2.34. The van der Waals surface area contributed by atoms with Crippen LogP contribution in [-0.4, -0.2) is 40.6 Å². The molecule has 4 heteroatoms. The van der Waals surface area contributed by atoms with E-state index in [1.54, 1.807) is 17.3 Å². The maximum atomic E-state index is 11.9. The summed E-state index contributed by atoms with van der Waals surface area (Å²) in [6.07, 6.45) is 5.33. The number of carbonyl (C=O) groups is 1. The SMILES string of the molecule is CN(CC1CC(O)C1)C(=O)Cc1ccncc1. The van der Waals surface area contributed by atoms with Gasteiger partial charge in [0.1, 0.15) is 0 Å². The van der Waals surface area contributed by atoms with Gasteiger partial charge in [-0.15, -0.1) is 0 Å². The Morgan fingerprint density at radius 1 is 1.47 bits per heavy atom. The molecule has 1 N–H and O–H groups in total. The molecule has 1 aromatic rings. The van der Waals surface area contributed by atoms with Crippen molar-refractivity contribution in [1.29, 1.82) is 0 Å². The van der Waals surface area contributed by atoms with Crippen molar-refractivity contribution in [2.45, 2.75) is 25.4 Å². The minimum absolute atomic E-state index is 0.123. The molecule has 1 aliphatic carbocycles. The number of pyridine rings is 1. The summed E-state index contributed by atoms with van der Waals surface area (Å²) in [4.78, 5) is 17.6. The fourth-order valence-electron chi connectivity index (χ4n) is 2.15. The van der Waals surface area contributed by atoms with Gasteiger partial charge in [0, 0.05) is 26.0 Å². The summed E-state index contributed by atoms with van der Waals surface area (Å²) in [5.74, 6) is 0.592. The smallest absolute Gasteiger partial charge is 0.226 e. The summed E-state index contributed by atoms with van der Waals surface area (Å²) in [7, 11) is 1.83. The van der Waals surface area contributed by atoms with E-state index in [2.05, 4.69) is 4.98 Å². The highest BCUT2D eigenvalue weighted by Gasteiger charge is 2.28. The zero-order valence-corrected chi connectivity index (χ0v) is 10.0. The molecule has 0 aromatic carbocycles. The predicted octanol–water partition coefficient (Wildman–Crippen LogP) is 0.853. The molecule has 0 unspecified atom stereocenters. The van der Waals surface area contributed by atoms with Crippen LogP contribution in [0.3, 0.4) is 0 Å². The maximum Gasteiger partial charge on any atom is 0.226 e. The van der Waals surface area contributed by atoms with Crippen molar-refractivity contribution in [3.05, 3.63) is 30.1 Å². The number of aromatic nitrogens is 1. The van der Waals surface area contributed by atoms with E-state index in [9.17, 15) is 9.90 Å². The van der Waals surface area contributed by atoms with Crippen LogP contribution in [0.1, 0.15) is 18.4 Å². The average molecular weight is 234 g/mol. The van der Waals surface area contributed by atoms with E-state index in [4.69, 9.17) is 0 Å². The van der Waals surface area contributed by atoms with Crippen LogP contribution < -0.4 is 0 Å². The summed E-state index contributed by atoms with van der Waals surface area (Å²) in [5.41, 5.74) is 0.991. The molecule has 1 fully saturated rings. The Hall–Kier alpha value is -1.42. The predicted molar refractivity (Wildman–Crippen MR) is 64.3 cm³/mol. The van der Waals surface area contributed by atoms with Gasteiger partial charge in [-0.25, -0.2) is 0 Å². The average Bonchev–Trinajstić information content (AvgIpc) is 2.28. The van der Waals surface area contributed by atoms with Gasteiger partial charge in [0.15, 0.2) is 0 Å². The molecular formula is C13H18N2O2. The molecule has 1 amide bonds. The molecule has 1 aromatic heterocycles. The van der Waals surface area contributed by atoms with E-state index in [0.717, 1.165) is 24.9 Å². The Morgan fingerprint density at radius 3 is 2.71 bits per heavy atom. The lowest BCUT2D eigenvalue weighted by molar-refractivity contribution is -0.130. The van der Waals surface area contributed by atoms with E-state index in [-0.39, 0.29) is 12.0 Å². The first-order chi connectivity index (χ1) is 8.15. The maximum absolute atomic E-state index is 11.9. The van der Waals surface area contributed by atoms with Gasteiger partial charge in [-0.1, -0.05) is 0 Å². The molecule has 1 saturated carbocycles. The highest BCUT2D eigenvalue weighted by atomic mass is 16.3. The highest BCUT2D eigenvalue weighted by molar-refractivity contribution is 5.78. The van der Waals surface area contributed by atoms with Gasteiger partial charge in [-0.2, -0.15) is 0 Å². The molecule has 0 saturated heterocycles. The second-order valence-electron chi connectivity index (χ2n) is 4.80. The molecule has 2 rings (SSSR count). The number of amides is 1. The normalized spacial score (nSPS) is 22.9. The highest BCUT2D eigenvalue weighted by Crippen LogP contribution is 2.27. The summed E-state index contributed by atoms with van der Waals surface area (Å²) < 4.78 is 0. The molecule has 0 atom stereocenters. The van der Waals surface area contributed by atoms with Crippen molar-refractivity contribution in [3.63, 3.8) is 0 Å². The zero-order valence-electron chi connectivity index (χ0n) is 10.0. The quantitative estimate of drug-likeness (QED) is 0.840. The fourth-order valence-corrected chi connectivity index (χ4v) is 2.15. The van der Waals surface area contributed by atoms with Crippen molar-refractivity contribution in [2.75, 3.05) is 13.6 Å². The molecule has 92 valence electrons. The minimum atomic E-state index is -0.149. The topological polar surface area (TPSA) is 53.4 Å². The monoisotopic (exact) mass is 234 g/mol. The molecule has 0 aliphatic heterocycles. The Morgan fingerprint density at radius 2 is 2.12 bits per heavy atom. The van der Waals surface area contributed by atoms with Crippen LogP contribution in [0.15, 0.2) is 24.5 Å². The Bertz CT molecular complexity index is 374. The number of hydrogen-bond donors (Lipinski definition) is 1. The van der Waals surface area contributed by atoms with Crippen LogP contribution in [0, 0.1) is 5.92 Å². The fraction of sp³-hybridized carbons (Fsp3) is 0.538. The van der Waals surface area contributed by atoms with Crippen LogP contribution in [0.5, 0.6) is 0 Å². The molecular weight excluding hydrogens is 216 g/mol. The third-order valence-corrected chi connectivity index (χ3v) is 3.27. The van der Waals surface area contributed by atoms with Gasteiger partial charge in [0.05, 0.1) is 12.5 Å². The second kappa shape index (κ2) is 5.27. The first-order valence-corrected chi connectivity index (χ1v) is 5.96. The standard InChI is InChI=1S/C13H18N2O2/c1-15(9-11-6-12(16)7-11)13(17)8-10-2-4-14-5-3-10/h2-5,11-12,16H,6-9H2,1H3. The van der Waals surface area contributed by atoms with Gasteiger partial charge in [0.2, 0.25) is 5.91 Å². The first-order valence-electron chi connectivity index (χ1n) is 5.96. The van der Waals surface area contributed by atoms with Gasteiger partial charge in [-0.05, 0) is 36.5 Å². The Balaban J connectivity index is 1.79. The Kier molecular flexibility index (Phi) is 3.74. The summed E-state index contributed by atoms with van der Waals surface area (Å²) >= 11 is 0. The van der Waals surface area contributed by atoms with Crippen LogP contribution in [0.25, 0.3) is 0 Å². The third-order valence-electron chi connectivity index (χ3n) is 3.27. The van der Waals surface area contributed by atoms with Crippen molar-refractivity contribution >= 4 is 5.91 Å². The third kappa shape index (κ3) is 3.27. The van der Waals surface area contributed by atoms with Gasteiger partial charge >= 0.3 is 0 Å². The van der Waals surface area contributed by atoms with E-state index < -0.39 is 0 Å². The van der Waals surface area contributed by atoms with E-state index >= 15 is 0 Å². The number of carbonyl (C=O) groups excluding carboxylic acids is 1. The van der Waals surface area contributed by atoms with Crippen molar-refractivity contribution in [2.24, 2.45) is 5.92 Å². The number of aliphatic hydroxyl groups excluding tert-OH is 1. The molecule has 0 bridgehead atoms. The van der Waals surface area contributed by atoms with Crippen LogP contribution >= 0.6 is 0 Å². The summed E-state index contributed by atoms with van der Waals surface area (Å²) in [6.45, 7) is 0.751. The van der Waals surface area contributed by atoms with Crippen LogP contribution in [-0.2, 0) is 11.2 Å². The molecule has 1 heterocycles. The first kappa shape index (κ1) is 12.0. The lowest BCUT2D eigenvalue weighted by atomic mass is 9.82. The van der Waals surface area contributed by atoms with E-state index in [1.807, 2.05) is 19.2 Å². The Labute approximate surface area is 101 Å². The van der Waals surface area contributed by atoms with E-state index in [1.165, 1.54) is 0 Å². The van der Waals surface area contributed by atoms with Crippen molar-refractivity contribution in [3.8, 4) is 0 Å². The summed E-state index contributed by atoms with van der Waals surface area (Å²) in [6, 6.07) is 3.72. The number of aliphatic hydroxyl groups is 1. The molecule has 4 nitrogen and oxygen atoms in total. The zero-order chi connectivity index (χ0) is 12.3. The molecule has 0 spiro atoms. The minimum Gasteiger partial charge on any atom is -0.393 e. The number of hydrogen-bond acceptors (Lipinski definition) is 3. The largest absolute Gasteiger partial charge is 0.393 e. The van der Waals surface area contributed by atoms with Crippen LogP contribution in [0.4, 0.5) is 0 Å². The molecule has 1 aliphatic rings. The summed E-state index contributed by atoms with van der Waals surface area (Å²) in [5, 5.41) is 9.19. The number of rotatable bonds is 4.